The average Bonchev–Trinajstić information content (AvgIpc) is 2.67. The van der Waals surface area contributed by atoms with Crippen LogP contribution in [0.25, 0.3) is 0 Å². The summed E-state index contributed by atoms with van der Waals surface area (Å²) in [5.41, 5.74) is 0. The monoisotopic (exact) mass is 738 g/mol. The Morgan fingerprint density at radius 3 is 0.738 bits per heavy atom. The van der Waals surface area contributed by atoms with E-state index in [0.717, 1.165) is 9.80 Å². The number of hydrogen-bond acceptors (Lipinski definition) is 8. The van der Waals surface area contributed by atoms with Crippen molar-refractivity contribution in [3.63, 3.8) is 0 Å². The fourth-order valence-corrected chi connectivity index (χ4v) is 8.52. The van der Waals surface area contributed by atoms with E-state index in [1.54, 1.807) is 0 Å². The van der Waals surface area contributed by atoms with Crippen LogP contribution in [0.1, 0.15) is 25.7 Å². The molecule has 0 aliphatic carbocycles. The molecule has 254 valence electrons. The minimum absolute atomic E-state index is 0.0154. The Labute approximate surface area is 241 Å². The summed E-state index contributed by atoms with van der Waals surface area (Å²) in [4.78, 5) is 113. The van der Waals surface area contributed by atoms with Crippen LogP contribution in [0.2, 0.25) is 0 Å². The molecule has 0 spiro atoms. The highest BCUT2D eigenvalue weighted by atomic mass is 31.2. The SMILES string of the molecule is O=P(O)(O)CN(CCCCN(CCN(CCCCN(CP(=O)(O)O)CP(=O)(O)O)P(=O)(O)O)P(=O)(O)O)CP(=O)(O)O. The maximum absolute atomic E-state index is 11.9. The van der Waals surface area contributed by atoms with Gasteiger partial charge < -0.3 is 58.7 Å². The topological polar surface area (TPSA) is 358 Å². The van der Waals surface area contributed by atoms with E-state index in [4.69, 9.17) is 39.1 Å². The van der Waals surface area contributed by atoms with Gasteiger partial charge in [-0.1, -0.05) is 0 Å². The van der Waals surface area contributed by atoms with Gasteiger partial charge in [0.05, 0.1) is 0 Å². The van der Waals surface area contributed by atoms with Crippen molar-refractivity contribution in [2.24, 2.45) is 0 Å². The summed E-state index contributed by atoms with van der Waals surface area (Å²) in [6.07, 6.45) is -3.98. The summed E-state index contributed by atoms with van der Waals surface area (Å²) in [7, 11) is -28.6. The lowest BCUT2D eigenvalue weighted by atomic mass is 10.3. The molecule has 0 heterocycles. The highest BCUT2D eigenvalue weighted by molar-refractivity contribution is 7.53. The van der Waals surface area contributed by atoms with Gasteiger partial charge in [0.1, 0.15) is 25.1 Å². The summed E-state index contributed by atoms with van der Waals surface area (Å²) in [5.74, 6) is 0. The smallest absolute Gasteiger partial charge is 0.324 e. The number of unbranched alkanes of at least 4 members (excludes halogenated alkanes) is 2. The van der Waals surface area contributed by atoms with Crippen LogP contribution in [0.4, 0.5) is 0 Å². The molecule has 0 amide bonds. The minimum Gasteiger partial charge on any atom is -0.324 e. The Kier molecular flexibility index (Phi) is 17.9. The zero-order valence-corrected chi connectivity index (χ0v) is 27.6. The molecule has 0 fully saturated rings. The molecule has 0 aromatic carbocycles. The van der Waals surface area contributed by atoms with Crippen LogP contribution >= 0.6 is 45.9 Å². The molecular formula is C14H40N4O18P6. The summed E-state index contributed by atoms with van der Waals surface area (Å²) < 4.78 is 69.9. The van der Waals surface area contributed by atoms with Crippen LogP contribution < -0.4 is 0 Å². The summed E-state index contributed by atoms with van der Waals surface area (Å²) in [5, 5.41) is 0. The lowest BCUT2D eigenvalue weighted by Crippen LogP contribution is -2.34. The molecule has 0 aromatic heterocycles. The highest BCUT2D eigenvalue weighted by Gasteiger charge is 2.31. The molecule has 0 atom stereocenters. The number of rotatable bonds is 23. The quantitative estimate of drug-likeness (QED) is 0.0418. The molecule has 42 heavy (non-hydrogen) atoms. The Balaban J connectivity index is 5.13. The third-order valence-corrected chi connectivity index (χ3v) is 10.5. The fourth-order valence-electron chi connectivity index (χ4n) is 3.65. The number of nitrogens with zero attached hydrogens (tertiary/aromatic N) is 4. The van der Waals surface area contributed by atoms with Gasteiger partial charge in [0.2, 0.25) is 0 Å². The van der Waals surface area contributed by atoms with Gasteiger partial charge in [0.25, 0.3) is 0 Å². The largest absolute Gasteiger partial charge is 0.403 e. The molecule has 0 bridgehead atoms. The Hall–Kier alpha value is 0.740. The van der Waals surface area contributed by atoms with E-state index in [9.17, 15) is 47.0 Å². The second-order valence-corrected chi connectivity index (χ2v) is 19.0. The molecule has 0 aliphatic rings. The van der Waals surface area contributed by atoms with Gasteiger partial charge in [-0.05, 0) is 38.8 Å². The minimum atomic E-state index is -4.96. The van der Waals surface area contributed by atoms with Gasteiger partial charge in [-0.3, -0.25) is 28.1 Å². The van der Waals surface area contributed by atoms with E-state index in [-0.39, 0.29) is 51.9 Å². The normalized spacial score (nSPS) is 14.6. The first kappa shape index (κ1) is 42.7. The molecule has 0 aliphatic heterocycles. The van der Waals surface area contributed by atoms with Gasteiger partial charge in [0, 0.05) is 26.2 Å². The molecule has 0 rings (SSSR count). The van der Waals surface area contributed by atoms with Gasteiger partial charge in [-0.25, -0.2) is 18.5 Å². The van der Waals surface area contributed by atoms with Gasteiger partial charge >= 0.3 is 45.9 Å². The first-order valence-electron chi connectivity index (χ1n) is 11.8. The zero-order valence-electron chi connectivity index (χ0n) is 22.2. The Morgan fingerprint density at radius 1 is 0.333 bits per heavy atom. The molecule has 0 saturated heterocycles. The van der Waals surface area contributed by atoms with E-state index < -0.39 is 84.1 Å². The molecule has 0 saturated carbocycles. The summed E-state index contributed by atoms with van der Waals surface area (Å²) in [6.45, 7) is -2.35. The van der Waals surface area contributed by atoms with Crippen LogP contribution in [0.15, 0.2) is 0 Å². The van der Waals surface area contributed by atoms with Crippen LogP contribution in [0.3, 0.4) is 0 Å². The standard InChI is InChI=1S/C14H40N4O18P6/c19-37(20,21)11-15(12-38(22,23)24)5-1-3-7-17(41(31,32)33)9-10-18(42(34,35)36)8-4-2-6-16(13-39(25,26)27)14-40(28,29)30/h1-14H2,(H2,19,20,21)(H2,22,23,24)(H2,25,26,27)(H2,28,29,30)(H2,31,32,33)(H2,34,35,36). The van der Waals surface area contributed by atoms with Crippen LogP contribution in [-0.2, 0) is 27.4 Å². The van der Waals surface area contributed by atoms with Crippen molar-refractivity contribution in [3.8, 4) is 0 Å². The van der Waals surface area contributed by atoms with Crippen LogP contribution in [0, 0.1) is 0 Å². The molecule has 0 aromatic rings. The number of hydrogen-bond donors (Lipinski definition) is 12. The van der Waals surface area contributed by atoms with E-state index in [0.29, 0.717) is 9.34 Å². The van der Waals surface area contributed by atoms with E-state index in [1.165, 1.54) is 0 Å². The van der Waals surface area contributed by atoms with Crippen LogP contribution in [-0.4, -0.2) is 142 Å². The molecule has 22 nitrogen and oxygen atoms in total. The maximum Gasteiger partial charge on any atom is 0.403 e. The van der Waals surface area contributed by atoms with Crippen molar-refractivity contribution in [3.05, 3.63) is 0 Å². The second kappa shape index (κ2) is 17.6. The van der Waals surface area contributed by atoms with Gasteiger partial charge in [-0.2, -0.15) is 0 Å². The highest BCUT2D eigenvalue weighted by Crippen LogP contribution is 2.44. The molecule has 0 radical (unpaired) electrons. The van der Waals surface area contributed by atoms with Gasteiger partial charge in [-0.15, -0.1) is 0 Å². The first-order chi connectivity index (χ1) is 18.6. The van der Waals surface area contributed by atoms with Crippen molar-refractivity contribution in [1.82, 2.24) is 19.1 Å². The predicted molar refractivity (Wildman–Crippen MR) is 147 cm³/mol. The average molecular weight is 738 g/mol. The Bertz CT molecular complexity index is 974. The molecule has 0 unspecified atom stereocenters. The lowest BCUT2D eigenvalue weighted by molar-refractivity contribution is 0.221. The molecule has 12 N–H and O–H groups in total. The zero-order chi connectivity index (χ0) is 33.2. The van der Waals surface area contributed by atoms with Crippen LogP contribution in [0.5, 0.6) is 0 Å². The van der Waals surface area contributed by atoms with Gasteiger partial charge in [0.15, 0.2) is 0 Å². The van der Waals surface area contributed by atoms with Crippen molar-refractivity contribution in [2.75, 3.05) is 64.4 Å². The van der Waals surface area contributed by atoms with E-state index in [2.05, 4.69) is 0 Å². The first-order valence-corrected chi connectivity index (χ1v) is 22.1. The predicted octanol–water partition coefficient (Wildman–Crippen LogP) is -1.52. The van der Waals surface area contributed by atoms with Crippen molar-refractivity contribution < 1.29 is 86.1 Å². The molecular weight excluding hydrogens is 698 g/mol. The third kappa shape index (κ3) is 24.0. The van der Waals surface area contributed by atoms with E-state index >= 15 is 0 Å². The lowest BCUT2D eigenvalue weighted by Gasteiger charge is -2.29. The Morgan fingerprint density at radius 2 is 0.548 bits per heavy atom. The van der Waals surface area contributed by atoms with E-state index in [1.807, 2.05) is 0 Å². The third-order valence-electron chi connectivity index (χ3n) is 5.17. The van der Waals surface area contributed by atoms with Crippen molar-refractivity contribution in [2.45, 2.75) is 25.7 Å². The maximum atomic E-state index is 11.9. The summed E-state index contributed by atoms with van der Waals surface area (Å²) >= 11 is 0. The van der Waals surface area contributed by atoms with Crippen molar-refractivity contribution >= 4 is 45.9 Å². The summed E-state index contributed by atoms with van der Waals surface area (Å²) in [6, 6.07) is 0. The second-order valence-electron chi connectivity index (χ2n) is 9.36. The molecule has 28 heteroatoms. The van der Waals surface area contributed by atoms with Crippen molar-refractivity contribution in [1.29, 1.82) is 0 Å². The fraction of sp³-hybridized carbons (Fsp3) is 1.00.